The highest BCUT2D eigenvalue weighted by molar-refractivity contribution is 5.09. The summed E-state index contributed by atoms with van der Waals surface area (Å²) in [5.74, 6) is 0. The topological polar surface area (TPSA) is 283 Å². The van der Waals surface area contributed by atoms with Gasteiger partial charge in [0, 0.05) is 0 Å². The highest BCUT2D eigenvalue weighted by atomic mass is 16.5. The molecule has 0 spiro atoms. The van der Waals surface area contributed by atoms with Crippen molar-refractivity contribution in [2.75, 3.05) is 0 Å². The Morgan fingerprint density at radius 1 is 0.231 bits per heavy atom. The molecule has 0 aliphatic heterocycles. The van der Waals surface area contributed by atoms with E-state index in [0.29, 0.717) is 64.2 Å². The number of rotatable bonds is 48. The van der Waals surface area contributed by atoms with E-state index < -0.39 is 49.9 Å². The molecule has 0 heterocycles. The molecule has 14 nitrogen and oxygen atoms in total. The lowest BCUT2D eigenvalue weighted by Crippen LogP contribution is -2.55. The number of unbranched alkanes of at least 4 members (excludes halogenated alkanes) is 12. The molecule has 0 aromatic carbocycles. The summed E-state index contributed by atoms with van der Waals surface area (Å²) in [5, 5.41) is 140. The van der Waals surface area contributed by atoms with Gasteiger partial charge in [0.15, 0.2) is 37.7 Å². The number of aliphatic hydroxyl groups is 14. The number of hydrogen-bond acceptors (Lipinski definition) is 14. The van der Waals surface area contributed by atoms with Gasteiger partial charge < -0.3 is 71.5 Å². The van der Waals surface area contributed by atoms with E-state index in [-0.39, 0.29) is 54.8 Å². The van der Waals surface area contributed by atoms with Gasteiger partial charge in [-0.1, -0.05) is 104 Å². The van der Waals surface area contributed by atoms with Crippen molar-refractivity contribution in [3.05, 3.63) is 0 Å². The molecule has 0 amide bonds. The summed E-state index contributed by atoms with van der Waals surface area (Å²) in [5.41, 5.74) is -1.02. The maximum atomic E-state index is 11.1. The summed E-state index contributed by atoms with van der Waals surface area (Å²) in [7, 11) is 0. The van der Waals surface area contributed by atoms with E-state index in [1.807, 2.05) is 13.8 Å². The summed E-state index contributed by atoms with van der Waals surface area (Å²) < 4.78 is 0. The van der Waals surface area contributed by atoms with E-state index in [9.17, 15) is 71.5 Å². The molecular formula is C51H104O14. The van der Waals surface area contributed by atoms with Gasteiger partial charge in [-0.15, -0.1) is 0 Å². The maximum absolute atomic E-state index is 11.1. The molecular weight excluding hydrogens is 837 g/mol. The van der Waals surface area contributed by atoms with Gasteiger partial charge in [0.1, 0.15) is 0 Å². The first-order chi connectivity index (χ1) is 30.9. The molecule has 0 rings (SSSR count). The van der Waals surface area contributed by atoms with Crippen LogP contribution in [0.4, 0.5) is 0 Å². The molecule has 392 valence electrons. The second-order valence-electron chi connectivity index (χ2n) is 20.0. The Balaban J connectivity index is 8.41. The van der Waals surface area contributed by atoms with Crippen LogP contribution in [0, 0.1) is 16.2 Å². The van der Waals surface area contributed by atoms with Crippen LogP contribution < -0.4 is 0 Å². The fourth-order valence-corrected chi connectivity index (χ4v) is 11.4. The van der Waals surface area contributed by atoms with Crippen molar-refractivity contribution >= 4 is 0 Å². The minimum Gasteiger partial charge on any atom is -0.393 e. The van der Waals surface area contributed by atoms with E-state index in [0.717, 1.165) is 141 Å². The number of aliphatic hydroxyl groups excluding tert-OH is 8. The Morgan fingerprint density at radius 2 is 0.431 bits per heavy atom. The van der Waals surface area contributed by atoms with E-state index in [1.165, 1.54) is 0 Å². The Morgan fingerprint density at radius 3 is 0.600 bits per heavy atom. The Labute approximate surface area is 394 Å². The molecule has 14 heteroatoms. The van der Waals surface area contributed by atoms with Gasteiger partial charge in [-0.2, -0.15) is 0 Å². The van der Waals surface area contributed by atoms with Crippen molar-refractivity contribution in [2.24, 2.45) is 16.2 Å². The molecule has 2 unspecified atom stereocenters. The monoisotopic (exact) mass is 941 g/mol. The quantitative estimate of drug-likeness (QED) is 0.0209. The van der Waals surface area contributed by atoms with Crippen molar-refractivity contribution in [3.63, 3.8) is 0 Å². The Bertz CT molecular complexity index is 871. The van der Waals surface area contributed by atoms with Gasteiger partial charge in [-0.05, 0) is 170 Å². The van der Waals surface area contributed by atoms with E-state index in [1.54, 1.807) is 0 Å². The SMILES string of the molecule is CCC(O)CCCC(CCCC(O)CC)(C(CCCCCC(O)O)(CCCCCC(O)O)CCCCCC(O)O)C(CCCCCC(O)O)(CCCCCC(O)O)CCCCCC(O)O. The Hall–Kier alpha value is -0.560. The standard InChI is InChI=1S/C51H104O14/c1-3-41(52)25-23-39-51(40-24-26-42(53)4-2,49(33-17-5-11-27-43(54)55,34-18-6-12-28-44(56)57)35-19-7-13-29-45(58)59)50(36-20-8-14-30-46(60)61,37-21-9-15-31-47(62)63)38-22-10-16-32-48(64)65/h41-48,52-65H,3-40H2,1-2H3. The number of hydrogen-bond donors (Lipinski definition) is 14. The largest absolute Gasteiger partial charge is 0.393 e. The molecule has 0 bridgehead atoms. The Kier molecular flexibility index (Phi) is 38.9. The third-order valence-electron chi connectivity index (χ3n) is 15.0. The summed E-state index contributed by atoms with van der Waals surface area (Å²) in [6, 6.07) is 0. The summed E-state index contributed by atoms with van der Waals surface area (Å²) in [4.78, 5) is 0. The molecule has 14 N–H and O–H groups in total. The molecule has 65 heavy (non-hydrogen) atoms. The van der Waals surface area contributed by atoms with Crippen LogP contribution in [0.5, 0.6) is 0 Å². The van der Waals surface area contributed by atoms with Crippen molar-refractivity contribution in [2.45, 2.75) is 308 Å². The van der Waals surface area contributed by atoms with Crippen molar-refractivity contribution < 1.29 is 71.5 Å². The third-order valence-corrected chi connectivity index (χ3v) is 15.0. The lowest BCUT2D eigenvalue weighted by atomic mass is 9.41. The predicted molar refractivity (Wildman–Crippen MR) is 255 cm³/mol. The average Bonchev–Trinajstić information content (AvgIpc) is 3.23. The third kappa shape index (κ3) is 29.9. The molecule has 0 aliphatic rings. The lowest BCUT2D eigenvalue weighted by Gasteiger charge is -2.64. The second-order valence-corrected chi connectivity index (χ2v) is 20.0. The predicted octanol–water partition coefficient (Wildman–Crippen LogP) is 7.40. The van der Waals surface area contributed by atoms with Crippen LogP contribution in [0.15, 0.2) is 0 Å². The highest BCUT2D eigenvalue weighted by Crippen LogP contribution is 2.68. The van der Waals surface area contributed by atoms with Gasteiger partial charge >= 0.3 is 0 Å². The van der Waals surface area contributed by atoms with E-state index in [4.69, 9.17) is 0 Å². The fourth-order valence-electron chi connectivity index (χ4n) is 11.4. The molecule has 0 saturated heterocycles. The van der Waals surface area contributed by atoms with Crippen LogP contribution in [-0.2, 0) is 0 Å². The first kappa shape index (κ1) is 64.4. The lowest BCUT2D eigenvalue weighted by molar-refractivity contribution is -0.142. The maximum Gasteiger partial charge on any atom is 0.151 e. The van der Waals surface area contributed by atoms with E-state index >= 15 is 0 Å². The van der Waals surface area contributed by atoms with Crippen molar-refractivity contribution in [1.29, 1.82) is 0 Å². The zero-order valence-corrected chi connectivity index (χ0v) is 41.2. The molecule has 0 aliphatic carbocycles. The minimum atomic E-state index is -1.39. The molecule has 2 atom stereocenters. The van der Waals surface area contributed by atoms with Gasteiger partial charge in [-0.25, -0.2) is 0 Å². The highest BCUT2D eigenvalue weighted by Gasteiger charge is 2.59. The van der Waals surface area contributed by atoms with Crippen LogP contribution in [-0.4, -0.2) is 121 Å². The summed E-state index contributed by atoms with van der Waals surface area (Å²) in [6.07, 6.45) is 16.6. The first-order valence-corrected chi connectivity index (χ1v) is 26.4. The van der Waals surface area contributed by atoms with E-state index in [2.05, 4.69) is 0 Å². The van der Waals surface area contributed by atoms with Crippen molar-refractivity contribution in [1.82, 2.24) is 0 Å². The van der Waals surface area contributed by atoms with Gasteiger partial charge in [0.25, 0.3) is 0 Å². The molecule has 0 aromatic heterocycles. The van der Waals surface area contributed by atoms with Crippen molar-refractivity contribution in [3.8, 4) is 0 Å². The zero-order chi connectivity index (χ0) is 49.0. The average molecular weight is 941 g/mol. The van der Waals surface area contributed by atoms with Gasteiger partial charge in [0.2, 0.25) is 0 Å². The first-order valence-electron chi connectivity index (χ1n) is 26.4. The summed E-state index contributed by atoms with van der Waals surface area (Å²) in [6.45, 7) is 3.98. The van der Waals surface area contributed by atoms with Gasteiger partial charge in [0.05, 0.1) is 12.2 Å². The zero-order valence-electron chi connectivity index (χ0n) is 41.2. The van der Waals surface area contributed by atoms with Crippen LogP contribution in [0.25, 0.3) is 0 Å². The minimum absolute atomic E-state index is 0.270. The molecule has 0 fully saturated rings. The van der Waals surface area contributed by atoms with Crippen LogP contribution in [0.3, 0.4) is 0 Å². The normalized spacial score (nSPS) is 14.1. The van der Waals surface area contributed by atoms with Crippen LogP contribution in [0.2, 0.25) is 0 Å². The summed E-state index contributed by atoms with van der Waals surface area (Å²) >= 11 is 0. The van der Waals surface area contributed by atoms with Gasteiger partial charge in [-0.3, -0.25) is 0 Å². The fraction of sp³-hybridized carbons (Fsp3) is 1.00. The second kappa shape index (κ2) is 39.2. The van der Waals surface area contributed by atoms with Crippen LogP contribution >= 0.6 is 0 Å². The smallest absolute Gasteiger partial charge is 0.151 e. The molecule has 0 aromatic rings. The van der Waals surface area contributed by atoms with Crippen LogP contribution in [0.1, 0.15) is 258 Å². The molecule has 0 saturated carbocycles. The molecule has 0 radical (unpaired) electrons.